The molecule has 15 heavy (non-hydrogen) atoms. The fraction of sp³-hybridized carbons (Fsp3) is 0.846. The molecule has 0 radical (unpaired) electrons. The monoisotopic (exact) mass is 210 g/mol. The van der Waals surface area contributed by atoms with E-state index in [1.165, 1.54) is 38.0 Å². The Morgan fingerprint density at radius 3 is 2.47 bits per heavy atom. The van der Waals surface area contributed by atoms with Crippen molar-refractivity contribution in [1.82, 2.24) is 10.2 Å². The summed E-state index contributed by atoms with van der Waals surface area (Å²) in [7, 11) is 0. The average Bonchev–Trinajstić information content (AvgIpc) is 2.18. The molecular weight excluding hydrogens is 184 g/mol. The van der Waals surface area contributed by atoms with Gasteiger partial charge in [-0.3, -0.25) is 0 Å². The van der Waals surface area contributed by atoms with E-state index in [1.807, 2.05) is 0 Å². The Balaban J connectivity index is 2.12. The van der Waals surface area contributed by atoms with Gasteiger partial charge in [-0.05, 0) is 38.8 Å². The van der Waals surface area contributed by atoms with E-state index in [0.29, 0.717) is 6.04 Å². The normalized spacial score (nSPS) is 19.7. The summed E-state index contributed by atoms with van der Waals surface area (Å²) in [5, 5.41) is 3.47. The van der Waals surface area contributed by atoms with Crippen molar-refractivity contribution >= 4 is 0 Å². The number of hydrogen-bond acceptors (Lipinski definition) is 2. The molecule has 1 rings (SSSR count). The maximum atomic E-state index is 4.06. The van der Waals surface area contributed by atoms with Crippen molar-refractivity contribution in [3.8, 4) is 0 Å². The summed E-state index contributed by atoms with van der Waals surface area (Å²) >= 11 is 0. The van der Waals surface area contributed by atoms with E-state index >= 15 is 0 Å². The van der Waals surface area contributed by atoms with Crippen LogP contribution in [0.15, 0.2) is 12.2 Å². The van der Waals surface area contributed by atoms with Gasteiger partial charge < -0.3 is 10.2 Å². The van der Waals surface area contributed by atoms with Gasteiger partial charge in [0.1, 0.15) is 0 Å². The second-order valence-electron chi connectivity index (χ2n) is 5.07. The highest BCUT2D eigenvalue weighted by Crippen LogP contribution is 2.22. The molecule has 88 valence electrons. The van der Waals surface area contributed by atoms with Gasteiger partial charge in [0.25, 0.3) is 0 Å². The van der Waals surface area contributed by atoms with Crippen molar-refractivity contribution in [3.63, 3.8) is 0 Å². The fourth-order valence-electron chi connectivity index (χ4n) is 2.16. The van der Waals surface area contributed by atoms with Crippen molar-refractivity contribution in [2.24, 2.45) is 5.92 Å². The van der Waals surface area contributed by atoms with Crippen molar-refractivity contribution in [1.29, 1.82) is 0 Å². The van der Waals surface area contributed by atoms with Gasteiger partial charge in [-0.1, -0.05) is 26.0 Å². The Morgan fingerprint density at radius 2 is 2.00 bits per heavy atom. The Kier molecular flexibility index (Phi) is 5.34. The van der Waals surface area contributed by atoms with Crippen LogP contribution in [0.5, 0.6) is 0 Å². The Labute approximate surface area is 94.7 Å². The van der Waals surface area contributed by atoms with E-state index < -0.39 is 0 Å². The Hall–Kier alpha value is -0.340. The molecule has 1 fully saturated rings. The van der Waals surface area contributed by atoms with E-state index in [1.54, 1.807) is 0 Å². The minimum absolute atomic E-state index is 0.609. The first-order valence-electron chi connectivity index (χ1n) is 6.20. The molecule has 0 bridgehead atoms. The summed E-state index contributed by atoms with van der Waals surface area (Å²) in [4.78, 5) is 2.56. The average molecular weight is 210 g/mol. The lowest BCUT2D eigenvalue weighted by molar-refractivity contribution is 0.198. The molecule has 0 aliphatic carbocycles. The summed E-state index contributed by atoms with van der Waals surface area (Å²) in [6.45, 7) is 15.4. The molecule has 2 nitrogen and oxygen atoms in total. The van der Waals surface area contributed by atoms with Crippen LogP contribution in [-0.2, 0) is 0 Å². The molecule has 0 unspecified atom stereocenters. The lowest BCUT2D eigenvalue weighted by Crippen LogP contribution is -2.39. The summed E-state index contributed by atoms with van der Waals surface area (Å²) in [6, 6.07) is 0.609. The van der Waals surface area contributed by atoms with Crippen molar-refractivity contribution in [2.75, 3.05) is 26.2 Å². The Morgan fingerprint density at radius 1 is 1.40 bits per heavy atom. The molecular formula is C13H26N2. The van der Waals surface area contributed by atoms with E-state index in [-0.39, 0.29) is 0 Å². The van der Waals surface area contributed by atoms with Crippen molar-refractivity contribution in [3.05, 3.63) is 12.2 Å². The molecule has 0 aromatic carbocycles. The van der Waals surface area contributed by atoms with Gasteiger partial charge in [-0.25, -0.2) is 0 Å². The van der Waals surface area contributed by atoms with Crippen LogP contribution in [-0.4, -0.2) is 37.1 Å². The highest BCUT2D eigenvalue weighted by atomic mass is 15.1. The zero-order valence-electron chi connectivity index (χ0n) is 10.6. The first-order chi connectivity index (χ1) is 7.09. The molecule has 0 amide bonds. The third-order valence-corrected chi connectivity index (χ3v) is 3.27. The predicted molar refractivity (Wildman–Crippen MR) is 67.1 cm³/mol. The van der Waals surface area contributed by atoms with E-state index in [9.17, 15) is 0 Å². The van der Waals surface area contributed by atoms with Gasteiger partial charge in [-0.15, -0.1) is 0 Å². The fourth-order valence-corrected chi connectivity index (χ4v) is 2.16. The van der Waals surface area contributed by atoms with Gasteiger partial charge >= 0.3 is 0 Å². The molecule has 1 N–H and O–H groups in total. The molecule has 0 saturated carbocycles. The van der Waals surface area contributed by atoms with E-state index in [0.717, 1.165) is 12.5 Å². The zero-order chi connectivity index (χ0) is 11.3. The van der Waals surface area contributed by atoms with Crippen LogP contribution in [0.2, 0.25) is 0 Å². The largest absolute Gasteiger partial charge is 0.313 e. The van der Waals surface area contributed by atoms with Gasteiger partial charge in [0, 0.05) is 19.1 Å². The first-order valence-corrected chi connectivity index (χ1v) is 6.20. The predicted octanol–water partition coefficient (Wildman–Crippen LogP) is 2.27. The zero-order valence-corrected chi connectivity index (χ0v) is 10.6. The quantitative estimate of drug-likeness (QED) is 0.700. The number of likely N-dealkylation sites (tertiary alicyclic amines) is 1. The standard InChI is InChI=1S/C13H26N2/c1-11(2)13-5-8-15(9-6-13)10-7-14-12(3)4/h12-14H,1,5-10H2,2-4H3. The van der Waals surface area contributed by atoms with Gasteiger partial charge in [-0.2, -0.15) is 0 Å². The number of piperidine rings is 1. The van der Waals surface area contributed by atoms with Crippen LogP contribution in [0.1, 0.15) is 33.6 Å². The SMILES string of the molecule is C=C(C)C1CCN(CCNC(C)C)CC1. The van der Waals surface area contributed by atoms with E-state index in [4.69, 9.17) is 0 Å². The molecule has 1 heterocycles. The number of nitrogens with one attached hydrogen (secondary N) is 1. The lowest BCUT2D eigenvalue weighted by atomic mass is 9.91. The smallest absolute Gasteiger partial charge is 0.0107 e. The second kappa shape index (κ2) is 6.29. The van der Waals surface area contributed by atoms with Gasteiger partial charge in [0.2, 0.25) is 0 Å². The molecule has 0 aromatic rings. The summed E-state index contributed by atoms with van der Waals surface area (Å²) in [5.74, 6) is 0.777. The minimum Gasteiger partial charge on any atom is -0.313 e. The van der Waals surface area contributed by atoms with Gasteiger partial charge in [0.05, 0.1) is 0 Å². The molecule has 1 saturated heterocycles. The second-order valence-corrected chi connectivity index (χ2v) is 5.07. The first kappa shape index (κ1) is 12.7. The van der Waals surface area contributed by atoms with Crippen LogP contribution in [0, 0.1) is 5.92 Å². The Bertz CT molecular complexity index is 191. The maximum absolute atomic E-state index is 4.06. The maximum Gasteiger partial charge on any atom is 0.0107 e. The molecule has 0 aromatic heterocycles. The van der Waals surface area contributed by atoms with Crippen LogP contribution >= 0.6 is 0 Å². The van der Waals surface area contributed by atoms with Crippen molar-refractivity contribution in [2.45, 2.75) is 39.7 Å². The number of nitrogens with zero attached hydrogens (tertiary/aromatic N) is 1. The molecule has 0 spiro atoms. The highest BCUT2D eigenvalue weighted by molar-refractivity contribution is 4.98. The number of hydrogen-bond donors (Lipinski definition) is 1. The lowest BCUT2D eigenvalue weighted by Gasteiger charge is -2.32. The van der Waals surface area contributed by atoms with E-state index in [2.05, 4.69) is 37.6 Å². The van der Waals surface area contributed by atoms with Crippen LogP contribution in [0.3, 0.4) is 0 Å². The van der Waals surface area contributed by atoms with Gasteiger partial charge in [0.15, 0.2) is 0 Å². The van der Waals surface area contributed by atoms with Crippen LogP contribution < -0.4 is 5.32 Å². The third-order valence-electron chi connectivity index (χ3n) is 3.27. The molecule has 1 aliphatic heterocycles. The van der Waals surface area contributed by atoms with Crippen LogP contribution in [0.4, 0.5) is 0 Å². The molecule has 0 atom stereocenters. The molecule has 2 heteroatoms. The van der Waals surface area contributed by atoms with Crippen LogP contribution in [0.25, 0.3) is 0 Å². The topological polar surface area (TPSA) is 15.3 Å². The summed E-state index contributed by atoms with van der Waals surface area (Å²) in [6.07, 6.45) is 2.61. The summed E-state index contributed by atoms with van der Waals surface area (Å²) in [5.41, 5.74) is 1.37. The minimum atomic E-state index is 0.609. The summed E-state index contributed by atoms with van der Waals surface area (Å²) < 4.78 is 0. The molecule has 1 aliphatic rings. The number of rotatable bonds is 5. The third kappa shape index (κ3) is 4.80. The number of allylic oxidation sites excluding steroid dienone is 1. The van der Waals surface area contributed by atoms with Crippen molar-refractivity contribution < 1.29 is 0 Å². The highest BCUT2D eigenvalue weighted by Gasteiger charge is 2.18.